The molecular weight excluding hydrogens is 320 g/mol. The predicted octanol–water partition coefficient (Wildman–Crippen LogP) is -2.56. The molecule has 1 aromatic rings. The highest BCUT2D eigenvalue weighted by Gasteiger charge is 2.47. The van der Waals surface area contributed by atoms with Gasteiger partial charge < -0.3 is 14.9 Å². The zero-order valence-corrected chi connectivity index (χ0v) is 12.6. The number of rotatable bonds is 4. The lowest BCUT2D eigenvalue weighted by Gasteiger charge is -2.19. The Kier molecular flexibility index (Phi) is 4.54. The van der Waals surface area contributed by atoms with Crippen LogP contribution in [0.2, 0.25) is 0 Å². The number of aryl methyl sites for hydroxylation is 1. The summed E-state index contributed by atoms with van der Waals surface area (Å²) >= 11 is 0. The van der Waals surface area contributed by atoms with Gasteiger partial charge in [-0.3, -0.25) is 18.5 Å². The molecule has 11 heteroatoms. The van der Waals surface area contributed by atoms with Gasteiger partial charge in [-0.25, -0.2) is 4.79 Å². The summed E-state index contributed by atoms with van der Waals surface area (Å²) in [6.07, 6.45) is -3.38. The van der Waals surface area contributed by atoms with Crippen molar-refractivity contribution in [3.05, 3.63) is 32.6 Å². The fourth-order valence-corrected chi connectivity index (χ4v) is 2.83. The number of aliphatic hydroxyl groups excluding tert-OH is 2. The van der Waals surface area contributed by atoms with E-state index >= 15 is 0 Å². The second-order valence-corrected chi connectivity index (χ2v) is 6.58. The number of H-pyrrole nitrogens is 1. The van der Waals surface area contributed by atoms with Gasteiger partial charge in [-0.05, 0) is 6.92 Å². The van der Waals surface area contributed by atoms with Gasteiger partial charge >= 0.3 is 5.69 Å². The monoisotopic (exact) mass is 336 g/mol. The molecule has 1 saturated heterocycles. The number of aromatic amines is 1. The molecule has 2 unspecified atom stereocenters. The number of nitrogens with zero attached hydrogens (tertiary/aromatic N) is 1. The Morgan fingerprint density at radius 1 is 1.45 bits per heavy atom. The van der Waals surface area contributed by atoms with E-state index in [9.17, 15) is 28.2 Å². The van der Waals surface area contributed by atoms with Crippen molar-refractivity contribution in [2.45, 2.75) is 31.5 Å². The third-order valence-corrected chi connectivity index (χ3v) is 3.77. The summed E-state index contributed by atoms with van der Waals surface area (Å²) in [4.78, 5) is 25.2. The first kappa shape index (κ1) is 16.8. The highest BCUT2D eigenvalue weighted by Crippen LogP contribution is 2.31. The number of ether oxygens (including phenoxy) is 1. The van der Waals surface area contributed by atoms with Crippen LogP contribution in [0.5, 0.6) is 0 Å². The maximum atomic E-state index is 11.8. The molecular formula is C11H16N2O8S. The van der Waals surface area contributed by atoms with Gasteiger partial charge in [0.05, 0.1) is 12.9 Å². The van der Waals surface area contributed by atoms with E-state index in [2.05, 4.69) is 0 Å². The van der Waals surface area contributed by atoms with Crippen molar-refractivity contribution in [1.29, 1.82) is 0 Å². The average molecular weight is 336 g/mol. The molecule has 124 valence electrons. The second-order valence-electron chi connectivity index (χ2n) is 4.98. The zero-order chi connectivity index (χ0) is 16.7. The standard InChI is InChI=1S/C11H16N2O8S/c1-5-3-13(11(17)12-9(5)16)10-7(15)8(6(4-14)20-10)21-22(2,18)19/h3,6-8,10,14-15H,4H2,1-2H3,(H,12,16,17)/t6-,7?,8?,10-/m1/s1. The fourth-order valence-electron chi connectivity index (χ4n) is 2.19. The van der Waals surface area contributed by atoms with E-state index in [-0.39, 0.29) is 5.56 Å². The van der Waals surface area contributed by atoms with E-state index in [1.807, 2.05) is 4.98 Å². The first-order valence-corrected chi connectivity index (χ1v) is 8.10. The van der Waals surface area contributed by atoms with Crippen LogP contribution in [0.4, 0.5) is 0 Å². The zero-order valence-electron chi connectivity index (χ0n) is 11.8. The molecule has 0 aliphatic carbocycles. The molecule has 0 radical (unpaired) electrons. The minimum atomic E-state index is -3.91. The molecule has 4 atom stereocenters. The van der Waals surface area contributed by atoms with Crippen LogP contribution in [0.3, 0.4) is 0 Å². The van der Waals surface area contributed by atoms with E-state index in [0.29, 0.717) is 0 Å². The van der Waals surface area contributed by atoms with Crippen LogP contribution >= 0.6 is 0 Å². The van der Waals surface area contributed by atoms with Gasteiger partial charge in [-0.2, -0.15) is 8.42 Å². The average Bonchev–Trinajstić information content (AvgIpc) is 2.69. The molecule has 3 N–H and O–H groups in total. The van der Waals surface area contributed by atoms with Gasteiger partial charge in [-0.1, -0.05) is 0 Å². The topological polar surface area (TPSA) is 148 Å². The molecule has 0 amide bonds. The van der Waals surface area contributed by atoms with E-state index in [4.69, 9.17) is 8.92 Å². The van der Waals surface area contributed by atoms with Crippen molar-refractivity contribution < 1.29 is 27.6 Å². The SMILES string of the molecule is Cc1cn([C@@H]2O[C@H](CO)C(OS(C)(=O)=O)C2O)c(=O)[nH]c1=O. The third-order valence-electron chi connectivity index (χ3n) is 3.20. The van der Waals surface area contributed by atoms with Gasteiger partial charge in [0.25, 0.3) is 15.7 Å². The molecule has 0 bridgehead atoms. The molecule has 2 rings (SSSR count). The Hall–Kier alpha value is -1.53. The van der Waals surface area contributed by atoms with Gasteiger partial charge in [0.1, 0.15) is 18.3 Å². The first-order valence-electron chi connectivity index (χ1n) is 6.28. The van der Waals surface area contributed by atoms with Crippen molar-refractivity contribution in [1.82, 2.24) is 9.55 Å². The van der Waals surface area contributed by atoms with Crippen molar-refractivity contribution in [3.8, 4) is 0 Å². The molecule has 0 aromatic carbocycles. The molecule has 1 aliphatic rings. The highest BCUT2D eigenvalue weighted by atomic mass is 32.2. The van der Waals surface area contributed by atoms with E-state index in [0.717, 1.165) is 10.8 Å². The quantitative estimate of drug-likeness (QED) is 0.509. The van der Waals surface area contributed by atoms with Crippen LogP contribution < -0.4 is 11.2 Å². The van der Waals surface area contributed by atoms with Crippen molar-refractivity contribution in [2.24, 2.45) is 0 Å². The molecule has 1 aliphatic heterocycles. The summed E-state index contributed by atoms with van der Waals surface area (Å²) < 4.78 is 33.4. The van der Waals surface area contributed by atoms with E-state index in [1.54, 1.807) is 0 Å². The van der Waals surface area contributed by atoms with Gasteiger partial charge in [0.2, 0.25) is 0 Å². The third kappa shape index (κ3) is 3.28. The lowest BCUT2D eigenvalue weighted by atomic mass is 10.1. The van der Waals surface area contributed by atoms with Crippen LogP contribution in [-0.4, -0.2) is 59.4 Å². The molecule has 2 heterocycles. The summed E-state index contributed by atoms with van der Waals surface area (Å²) in [5, 5.41) is 19.4. The van der Waals surface area contributed by atoms with Crippen LogP contribution in [0, 0.1) is 6.92 Å². The molecule has 0 spiro atoms. The van der Waals surface area contributed by atoms with Gasteiger partial charge in [0.15, 0.2) is 6.23 Å². The lowest BCUT2D eigenvalue weighted by molar-refractivity contribution is -0.0544. The number of hydrogen-bond donors (Lipinski definition) is 3. The summed E-state index contributed by atoms with van der Waals surface area (Å²) in [6.45, 7) is 0.828. The van der Waals surface area contributed by atoms with Crippen LogP contribution in [-0.2, 0) is 19.0 Å². The number of aromatic nitrogens is 2. The summed E-state index contributed by atoms with van der Waals surface area (Å²) in [5.74, 6) is 0. The summed E-state index contributed by atoms with van der Waals surface area (Å²) in [5.41, 5.74) is -1.23. The van der Waals surface area contributed by atoms with Gasteiger partial charge in [0, 0.05) is 11.8 Å². The Morgan fingerprint density at radius 2 is 2.09 bits per heavy atom. The first-order chi connectivity index (χ1) is 10.1. The number of aliphatic hydroxyl groups is 2. The smallest absolute Gasteiger partial charge is 0.330 e. The van der Waals surface area contributed by atoms with E-state index in [1.165, 1.54) is 13.1 Å². The maximum absolute atomic E-state index is 11.8. The van der Waals surface area contributed by atoms with Crippen molar-refractivity contribution >= 4 is 10.1 Å². The number of nitrogens with one attached hydrogen (secondary N) is 1. The maximum Gasteiger partial charge on any atom is 0.330 e. The van der Waals surface area contributed by atoms with Gasteiger partial charge in [-0.15, -0.1) is 0 Å². The Balaban J connectivity index is 2.40. The largest absolute Gasteiger partial charge is 0.394 e. The van der Waals surface area contributed by atoms with Crippen LogP contribution in [0.1, 0.15) is 11.8 Å². The van der Waals surface area contributed by atoms with E-state index < -0.39 is 52.5 Å². The molecule has 1 fully saturated rings. The predicted molar refractivity (Wildman–Crippen MR) is 72.8 cm³/mol. The molecule has 1 aromatic heterocycles. The summed E-state index contributed by atoms with van der Waals surface area (Å²) in [6, 6.07) is 0. The molecule has 22 heavy (non-hydrogen) atoms. The molecule has 10 nitrogen and oxygen atoms in total. The fraction of sp³-hybridized carbons (Fsp3) is 0.636. The summed E-state index contributed by atoms with van der Waals surface area (Å²) in [7, 11) is -3.91. The van der Waals surface area contributed by atoms with Crippen LogP contribution in [0.15, 0.2) is 15.8 Å². The van der Waals surface area contributed by atoms with Crippen LogP contribution in [0.25, 0.3) is 0 Å². The minimum absolute atomic E-state index is 0.198. The highest BCUT2D eigenvalue weighted by molar-refractivity contribution is 7.86. The Labute approximate surface area is 125 Å². The van der Waals surface area contributed by atoms with Crippen molar-refractivity contribution in [2.75, 3.05) is 12.9 Å². The number of hydrogen-bond acceptors (Lipinski definition) is 8. The normalized spacial score (nSPS) is 28.9. The second kappa shape index (κ2) is 5.93. The lowest BCUT2D eigenvalue weighted by Crippen LogP contribution is -2.40. The van der Waals surface area contributed by atoms with Crippen molar-refractivity contribution in [3.63, 3.8) is 0 Å². The Morgan fingerprint density at radius 3 is 2.64 bits per heavy atom. The Bertz CT molecular complexity index is 767. The minimum Gasteiger partial charge on any atom is -0.394 e. The molecule has 0 saturated carbocycles.